The fourth-order valence-corrected chi connectivity index (χ4v) is 7.18. The molecular formula is C19H30FNO2. The van der Waals surface area contributed by atoms with Gasteiger partial charge in [0.05, 0.1) is 6.10 Å². The Morgan fingerprint density at radius 1 is 1.09 bits per heavy atom. The molecule has 23 heavy (non-hydrogen) atoms. The molecule has 3 saturated carbocycles. The second kappa shape index (κ2) is 4.93. The fraction of sp³-hybridized carbons (Fsp3) is 0.947. The van der Waals surface area contributed by atoms with Gasteiger partial charge in [-0.15, -0.1) is 0 Å². The van der Waals surface area contributed by atoms with E-state index in [0.29, 0.717) is 24.2 Å². The highest BCUT2D eigenvalue weighted by Crippen LogP contribution is 2.64. The van der Waals surface area contributed by atoms with Crippen molar-refractivity contribution in [3.8, 4) is 0 Å². The highest BCUT2D eigenvalue weighted by Gasteiger charge is 2.62. The summed E-state index contributed by atoms with van der Waals surface area (Å²) in [6.07, 6.45) is 5.21. The van der Waals surface area contributed by atoms with Crippen LogP contribution < -0.4 is 0 Å². The first kappa shape index (κ1) is 15.9. The van der Waals surface area contributed by atoms with Gasteiger partial charge in [-0.25, -0.2) is 4.39 Å². The van der Waals surface area contributed by atoms with Crippen molar-refractivity contribution in [2.24, 2.45) is 28.6 Å². The third-order valence-electron chi connectivity index (χ3n) is 8.47. The van der Waals surface area contributed by atoms with Gasteiger partial charge in [0.1, 0.15) is 0 Å². The number of amides is 1. The van der Waals surface area contributed by atoms with E-state index in [1.807, 2.05) is 0 Å². The lowest BCUT2D eigenvalue weighted by Gasteiger charge is -2.61. The lowest BCUT2D eigenvalue weighted by molar-refractivity contribution is -0.170. The van der Waals surface area contributed by atoms with Crippen LogP contribution in [0.3, 0.4) is 0 Å². The van der Waals surface area contributed by atoms with Gasteiger partial charge >= 0.3 is 0 Å². The Kier molecular flexibility index (Phi) is 3.40. The standard InChI is InChI=1S/C19H30FNO2/c1-18-9-8-13-11(12(18)5-7-16(18)22)4-6-15-19(13,2)10-14(20)17(23)21(15)3/h11-16,22H,4-10H2,1-3H3/t11?,12-,13?,14-,15+,16-,18-,19+/m0/s1. The van der Waals surface area contributed by atoms with E-state index in [0.717, 1.165) is 38.5 Å². The largest absolute Gasteiger partial charge is 0.393 e. The van der Waals surface area contributed by atoms with E-state index in [-0.39, 0.29) is 28.9 Å². The number of aliphatic hydroxyl groups is 1. The molecule has 1 N–H and O–H groups in total. The summed E-state index contributed by atoms with van der Waals surface area (Å²) < 4.78 is 14.4. The average molecular weight is 323 g/mol. The van der Waals surface area contributed by atoms with Gasteiger partial charge in [0, 0.05) is 13.1 Å². The van der Waals surface area contributed by atoms with Crippen molar-refractivity contribution >= 4 is 5.91 Å². The molecule has 2 unspecified atom stereocenters. The lowest BCUT2D eigenvalue weighted by Crippen LogP contribution is -2.64. The molecule has 1 amide bonds. The first-order chi connectivity index (χ1) is 10.8. The average Bonchev–Trinajstić information content (AvgIpc) is 2.80. The van der Waals surface area contributed by atoms with E-state index in [9.17, 15) is 14.3 Å². The maximum Gasteiger partial charge on any atom is 0.257 e. The van der Waals surface area contributed by atoms with E-state index < -0.39 is 6.17 Å². The van der Waals surface area contributed by atoms with Gasteiger partial charge in [-0.1, -0.05) is 13.8 Å². The molecule has 3 aliphatic carbocycles. The number of piperidine rings is 1. The third-order valence-corrected chi connectivity index (χ3v) is 8.47. The zero-order valence-electron chi connectivity index (χ0n) is 14.6. The number of halogens is 1. The number of hydrogen-bond donors (Lipinski definition) is 1. The van der Waals surface area contributed by atoms with Crippen LogP contribution in [-0.4, -0.2) is 41.3 Å². The molecule has 0 aromatic carbocycles. The number of rotatable bonds is 0. The molecule has 130 valence electrons. The zero-order chi connectivity index (χ0) is 16.6. The maximum atomic E-state index is 14.4. The van der Waals surface area contributed by atoms with E-state index >= 15 is 0 Å². The smallest absolute Gasteiger partial charge is 0.257 e. The fourth-order valence-electron chi connectivity index (χ4n) is 7.18. The Balaban J connectivity index is 1.67. The Labute approximate surface area is 138 Å². The van der Waals surface area contributed by atoms with Gasteiger partial charge in [-0.05, 0) is 73.5 Å². The molecule has 1 aliphatic heterocycles. The minimum Gasteiger partial charge on any atom is -0.393 e. The predicted octanol–water partition coefficient (Wildman–Crippen LogP) is 3.16. The quantitative estimate of drug-likeness (QED) is 0.744. The number of nitrogens with zero attached hydrogens (tertiary/aromatic N) is 1. The SMILES string of the molecule is CN1C(=O)[C@@H](F)C[C@]2(C)C3CC[C@]4(C)[C@@H](O)CC[C@H]4C3CC[C@@H]12. The van der Waals surface area contributed by atoms with Crippen LogP contribution in [0.2, 0.25) is 0 Å². The third kappa shape index (κ3) is 1.93. The molecule has 4 rings (SSSR count). The summed E-state index contributed by atoms with van der Waals surface area (Å²) in [7, 11) is 1.80. The number of aliphatic hydroxyl groups excluding tert-OH is 1. The molecule has 4 heteroatoms. The Morgan fingerprint density at radius 2 is 1.78 bits per heavy atom. The van der Waals surface area contributed by atoms with Gasteiger partial charge in [-0.3, -0.25) is 4.79 Å². The number of alkyl halides is 1. The van der Waals surface area contributed by atoms with Crippen LogP contribution in [-0.2, 0) is 4.79 Å². The lowest BCUT2D eigenvalue weighted by atomic mass is 9.47. The monoisotopic (exact) mass is 323 g/mol. The summed E-state index contributed by atoms with van der Waals surface area (Å²) in [5.41, 5.74) is -0.0320. The van der Waals surface area contributed by atoms with Crippen LogP contribution in [0.1, 0.15) is 58.8 Å². The molecule has 0 aromatic heterocycles. The number of hydrogen-bond acceptors (Lipinski definition) is 2. The van der Waals surface area contributed by atoms with Crippen molar-refractivity contribution in [3.63, 3.8) is 0 Å². The second-order valence-corrected chi connectivity index (χ2v) is 9.23. The van der Waals surface area contributed by atoms with Crippen molar-refractivity contribution in [2.75, 3.05) is 7.05 Å². The van der Waals surface area contributed by atoms with Crippen LogP contribution in [0.5, 0.6) is 0 Å². The summed E-state index contributed by atoms with van der Waals surface area (Å²) >= 11 is 0. The molecule has 4 fully saturated rings. The summed E-state index contributed by atoms with van der Waals surface area (Å²) in [4.78, 5) is 13.8. The molecular weight excluding hydrogens is 293 g/mol. The van der Waals surface area contributed by atoms with Gasteiger partial charge < -0.3 is 10.0 Å². The number of likely N-dealkylation sites (tertiary alicyclic amines) is 1. The molecule has 0 radical (unpaired) electrons. The number of carbonyl (C=O) groups is 1. The number of carbonyl (C=O) groups excluding carboxylic acids is 1. The van der Waals surface area contributed by atoms with Gasteiger partial charge in [0.2, 0.25) is 0 Å². The van der Waals surface area contributed by atoms with Crippen molar-refractivity contribution in [3.05, 3.63) is 0 Å². The van der Waals surface area contributed by atoms with Crippen molar-refractivity contribution < 1.29 is 14.3 Å². The maximum absolute atomic E-state index is 14.4. The highest BCUT2D eigenvalue weighted by atomic mass is 19.1. The summed E-state index contributed by atoms with van der Waals surface area (Å²) in [5, 5.41) is 10.5. The Morgan fingerprint density at radius 3 is 2.52 bits per heavy atom. The molecule has 8 atom stereocenters. The Bertz CT molecular complexity index is 525. The molecule has 4 aliphatic rings. The van der Waals surface area contributed by atoms with Gasteiger partial charge in [0.25, 0.3) is 5.91 Å². The van der Waals surface area contributed by atoms with Gasteiger partial charge in [-0.2, -0.15) is 0 Å². The summed E-state index contributed by atoms with van der Waals surface area (Å²) in [6, 6.07) is 0.193. The van der Waals surface area contributed by atoms with Crippen molar-refractivity contribution in [1.82, 2.24) is 4.90 Å². The Hall–Kier alpha value is -0.640. The normalized spacial score (nSPS) is 56.0. The molecule has 0 bridgehead atoms. The van der Waals surface area contributed by atoms with E-state index in [2.05, 4.69) is 13.8 Å². The first-order valence-corrected chi connectivity index (χ1v) is 9.38. The number of fused-ring (bicyclic) bond motifs is 5. The van der Waals surface area contributed by atoms with E-state index in [1.165, 1.54) is 0 Å². The predicted molar refractivity (Wildman–Crippen MR) is 86.5 cm³/mol. The molecule has 0 spiro atoms. The van der Waals surface area contributed by atoms with Crippen molar-refractivity contribution in [2.45, 2.75) is 77.1 Å². The van der Waals surface area contributed by atoms with Gasteiger partial charge in [0.15, 0.2) is 6.17 Å². The molecule has 0 aromatic rings. The van der Waals surface area contributed by atoms with Crippen LogP contribution in [0, 0.1) is 28.6 Å². The van der Waals surface area contributed by atoms with E-state index in [4.69, 9.17) is 0 Å². The molecule has 3 nitrogen and oxygen atoms in total. The zero-order valence-corrected chi connectivity index (χ0v) is 14.6. The second-order valence-electron chi connectivity index (χ2n) is 9.23. The highest BCUT2D eigenvalue weighted by molar-refractivity contribution is 5.82. The van der Waals surface area contributed by atoms with E-state index in [1.54, 1.807) is 11.9 Å². The van der Waals surface area contributed by atoms with Crippen LogP contribution >= 0.6 is 0 Å². The topological polar surface area (TPSA) is 40.5 Å². The summed E-state index contributed by atoms with van der Waals surface area (Å²) in [5.74, 6) is 1.36. The minimum atomic E-state index is -1.33. The molecule has 1 heterocycles. The van der Waals surface area contributed by atoms with Crippen LogP contribution in [0.4, 0.5) is 4.39 Å². The molecule has 1 saturated heterocycles. The van der Waals surface area contributed by atoms with Crippen LogP contribution in [0.25, 0.3) is 0 Å². The van der Waals surface area contributed by atoms with Crippen molar-refractivity contribution in [1.29, 1.82) is 0 Å². The van der Waals surface area contributed by atoms with Crippen LogP contribution in [0.15, 0.2) is 0 Å². The first-order valence-electron chi connectivity index (χ1n) is 9.38. The summed E-state index contributed by atoms with van der Waals surface area (Å²) in [6.45, 7) is 4.51. The minimum absolute atomic E-state index is 0.0653.